The molecule has 0 spiro atoms. The van der Waals surface area contributed by atoms with Crippen LogP contribution < -0.4 is 0 Å². The lowest BCUT2D eigenvalue weighted by molar-refractivity contribution is 0.602. The van der Waals surface area contributed by atoms with Crippen LogP contribution in [0, 0.1) is 0 Å². The second kappa shape index (κ2) is 9.14. The van der Waals surface area contributed by atoms with Crippen LogP contribution in [0.3, 0.4) is 0 Å². The van der Waals surface area contributed by atoms with E-state index in [1.165, 1.54) is 0 Å². The van der Waals surface area contributed by atoms with Crippen molar-refractivity contribution in [2.75, 3.05) is 0 Å². The molecule has 2 heterocycles. The smallest absolute Gasteiger partial charge is 0.143 e. The molecule has 0 N–H and O–H groups in total. The van der Waals surface area contributed by atoms with Crippen molar-refractivity contribution in [3.63, 3.8) is 0 Å². The van der Waals surface area contributed by atoms with E-state index in [0.717, 1.165) is 77.6 Å². The predicted molar refractivity (Wildman–Crippen MR) is 165 cm³/mol. The molecule has 2 aromatic heterocycles. The molecule has 0 saturated heterocycles. The van der Waals surface area contributed by atoms with Crippen molar-refractivity contribution in [1.82, 2.24) is 0 Å². The predicted octanol–water partition coefficient (Wildman–Crippen LogP) is 11.0. The molecular weight excluding hydrogens is 488 g/mol. The van der Waals surface area contributed by atoms with Gasteiger partial charge in [0.25, 0.3) is 0 Å². The third-order valence-electron chi connectivity index (χ3n) is 7.74. The van der Waals surface area contributed by atoms with Crippen LogP contribution in [-0.2, 0) is 0 Å². The van der Waals surface area contributed by atoms with Gasteiger partial charge in [-0.25, -0.2) is 0 Å². The minimum Gasteiger partial charge on any atom is -0.455 e. The van der Waals surface area contributed by atoms with Gasteiger partial charge in [0.1, 0.15) is 22.7 Å². The van der Waals surface area contributed by atoms with E-state index in [-0.39, 0.29) is 0 Å². The summed E-state index contributed by atoms with van der Waals surface area (Å²) in [6, 6.07) is 50.5. The number of fused-ring (bicyclic) bond motifs is 4. The zero-order valence-electron chi connectivity index (χ0n) is 21.7. The molecule has 8 aromatic rings. The van der Waals surface area contributed by atoms with Crippen LogP contribution >= 0.6 is 0 Å². The molecule has 2 heteroatoms. The number of furan rings is 2. The zero-order chi connectivity index (χ0) is 26.5. The van der Waals surface area contributed by atoms with E-state index in [0.29, 0.717) is 0 Å². The van der Waals surface area contributed by atoms with Crippen LogP contribution in [0.25, 0.3) is 77.6 Å². The summed E-state index contributed by atoms with van der Waals surface area (Å²) in [6.07, 6.45) is 0. The molecule has 188 valence electrons. The first-order valence-corrected chi connectivity index (χ1v) is 13.5. The van der Waals surface area contributed by atoms with Gasteiger partial charge >= 0.3 is 0 Å². The van der Waals surface area contributed by atoms with Gasteiger partial charge in [-0.2, -0.15) is 0 Å². The summed E-state index contributed by atoms with van der Waals surface area (Å²) >= 11 is 0. The Morgan fingerprint density at radius 2 is 0.800 bits per heavy atom. The van der Waals surface area contributed by atoms with E-state index >= 15 is 0 Å². The van der Waals surface area contributed by atoms with Crippen molar-refractivity contribution < 1.29 is 8.83 Å². The largest absolute Gasteiger partial charge is 0.455 e. The SMILES string of the molecule is c1ccc(-c2ccccc2-c2oc(-c3ccccc3-c3cccc4c3oc3ccccc34)c3ccccc23)cc1. The van der Waals surface area contributed by atoms with E-state index in [1.807, 2.05) is 18.2 Å². The summed E-state index contributed by atoms with van der Waals surface area (Å²) in [5, 5.41) is 4.42. The van der Waals surface area contributed by atoms with Crippen LogP contribution in [0.15, 0.2) is 154 Å². The lowest BCUT2D eigenvalue weighted by Crippen LogP contribution is -1.85. The van der Waals surface area contributed by atoms with Gasteiger partial charge in [-0.3, -0.25) is 0 Å². The molecule has 0 atom stereocenters. The molecule has 40 heavy (non-hydrogen) atoms. The molecule has 0 fully saturated rings. The van der Waals surface area contributed by atoms with Gasteiger partial charge in [-0.05, 0) is 22.8 Å². The van der Waals surface area contributed by atoms with E-state index in [1.54, 1.807) is 0 Å². The first-order valence-electron chi connectivity index (χ1n) is 13.5. The Hall–Kier alpha value is -5.34. The van der Waals surface area contributed by atoms with E-state index in [2.05, 4.69) is 127 Å². The Kier molecular flexibility index (Phi) is 5.17. The summed E-state index contributed by atoms with van der Waals surface area (Å²) in [5.41, 5.74) is 8.34. The Bertz CT molecular complexity index is 2160. The standard InChI is InChI=1S/C38H24O2/c1-2-13-25(14-3-1)26-15-4-6-18-29(26)37-33-20-8-9-21-34(33)38(40-37)30-19-7-5-16-27(30)31-22-12-23-32-28-17-10-11-24-35(28)39-36(31)32/h1-24H. The molecule has 0 bridgehead atoms. The molecule has 0 aliphatic heterocycles. The van der Waals surface area contributed by atoms with E-state index < -0.39 is 0 Å². The number of para-hydroxylation sites is 2. The highest BCUT2D eigenvalue weighted by molar-refractivity contribution is 6.12. The summed E-state index contributed by atoms with van der Waals surface area (Å²) in [4.78, 5) is 0. The Morgan fingerprint density at radius 1 is 0.300 bits per heavy atom. The molecule has 8 rings (SSSR count). The van der Waals surface area contributed by atoms with Crippen LogP contribution in [0.5, 0.6) is 0 Å². The third kappa shape index (κ3) is 3.50. The second-order valence-electron chi connectivity index (χ2n) is 10.0. The maximum Gasteiger partial charge on any atom is 0.143 e. The molecule has 0 aliphatic carbocycles. The van der Waals surface area contributed by atoms with Gasteiger partial charge in [-0.1, -0.05) is 140 Å². The highest BCUT2D eigenvalue weighted by atomic mass is 16.3. The number of hydrogen-bond donors (Lipinski definition) is 0. The molecule has 0 saturated carbocycles. The minimum atomic E-state index is 0.858. The van der Waals surface area contributed by atoms with Gasteiger partial charge in [0.15, 0.2) is 0 Å². The number of hydrogen-bond acceptors (Lipinski definition) is 2. The number of rotatable bonds is 4. The lowest BCUT2D eigenvalue weighted by Gasteiger charge is -2.10. The summed E-state index contributed by atoms with van der Waals surface area (Å²) in [5.74, 6) is 1.74. The topological polar surface area (TPSA) is 26.3 Å². The fourth-order valence-corrected chi connectivity index (χ4v) is 5.92. The average molecular weight is 513 g/mol. The molecule has 6 aromatic carbocycles. The van der Waals surface area contributed by atoms with Crippen molar-refractivity contribution in [3.8, 4) is 44.9 Å². The highest BCUT2D eigenvalue weighted by Crippen LogP contribution is 2.46. The molecular formula is C38H24O2. The molecule has 0 unspecified atom stereocenters. The average Bonchev–Trinajstić information content (AvgIpc) is 3.61. The maximum absolute atomic E-state index is 6.90. The monoisotopic (exact) mass is 512 g/mol. The second-order valence-corrected chi connectivity index (χ2v) is 10.0. The lowest BCUT2D eigenvalue weighted by atomic mass is 9.94. The van der Waals surface area contributed by atoms with Gasteiger partial charge in [0.05, 0.1) is 0 Å². The number of benzene rings is 6. The van der Waals surface area contributed by atoms with Gasteiger partial charge in [-0.15, -0.1) is 0 Å². The summed E-state index contributed by atoms with van der Waals surface area (Å²) in [7, 11) is 0. The van der Waals surface area contributed by atoms with Crippen molar-refractivity contribution in [2.24, 2.45) is 0 Å². The van der Waals surface area contributed by atoms with Crippen molar-refractivity contribution in [1.29, 1.82) is 0 Å². The van der Waals surface area contributed by atoms with Gasteiger partial charge < -0.3 is 8.83 Å². The maximum atomic E-state index is 6.90. The van der Waals surface area contributed by atoms with Gasteiger partial charge in [0, 0.05) is 38.2 Å². The van der Waals surface area contributed by atoms with Crippen molar-refractivity contribution in [3.05, 3.63) is 146 Å². The van der Waals surface area contributed by atoms with E-state index in [4.69, 9.17) is 8.83 Å². The van der Waals surface area contributed by atoms with Crippen LogP contribution in [-0.4, -0.2) is 0 Å². The summed E-state index contributed by atoms with van der Waals surface area (Å²) < 4.78 is 13.3. The normalized spacial score (nSPS) is 11.5. The van der Waals surface area contributed by atoms with Crippen molar-refractivity contribution >= 4 is 32.7 Å². The highest BCUT2D eigenvalue weighted by Gasteiger charge is 2.22. The Morgan fingerprint density at radius 3 is 1.52 bits per heavy atom. The molecule has 2 nitrogen and oxygen atoms in total. The Labute approximate surface area is 231 Å². The Balaban J connectivity index is 1.38. The third-order valence-corrected chi connectivity index (χ3v) is 7.74. The molecule has 0 aliphatic rings. The van der Waals surface area contributed by atoms with E-state index in [9.17, 15) is 0 Å². The fourth-order valence-electron chi connectivity index (χ4n) is 5.92. The first kappa shape index (κ1) is 22.6. The van der Waals surface area contributed by atoms with Crippen LogP contribution in [0.4, 0.5) is 0 Å². The quantitative estimate of drug-likeness (QED) is 0.234. The fraction of sp³-hybridized carbons (Fsp3) is 0. The first-order chi connectivity index (χ1) is 19.9. The molecule has 0 radical (unpaired) electrons. The zero-order valence-corrected chi connectivity index (χ0v) is 21.7. The van der Waals surface area contributed by atoms with Crippen LogP contribution in [0.2, 0.25) is 0 Å². The van der Waals surface area contributed by atoms with Gasteiger partial charge in [0.2, 0.25) is 0 Å². The molecule has 0 amide bonds. The minimum absolute atomic E-state index is 0.858. The summed E-state index contributed by atoms with van der Waals surface area (Å²) in [6.45, 7) is 0. The van der Waals surface area contributed by atoms with Crippen LogP contribution in [0.1, 0.15) is 0 Å². The van der Waals surface area contributed by atoms with Crippen molar-refractivity contribution in [2.45, 2.75) is 0 Å².